The highest BCUT2D eigenvalue weighted by atomic mass is 16.5. The third-order valence-electron chi connectivity index (χ3n) is 2.07. The molecule has 0 spiro atoms. The van der Waals surface area contributed by atoms with Crippen molar-refractivity contribution in [3.63, 3.8) is 0 Å². The van der Waals surface area contributed by atoms with Gasteiger partial charge in [0.1, 0.15) is 12.1 Å². The average Bonchev–Trinajstić information content (AvgIpc) is 2.28. The van der Waals surface area contributed by atoms with Gasteiger partial charge in [-0.2, -0.15) is 0 Å². The van der Waals surface area contributed by atoms with E-state index < -0.39 is 11.9 Å². The summed E-state index contributed by atoms with van der Waals surface area (Å²) in [6.07, 6.45) is 1.30. The number of hydrogen-bond donors (Lipinski definition) is 0. The quantitative estimate of drug-likeness (QED) is 0.590. The van der Waals surface area contributed by atoms with E-state index in [2.05, 4.69) is 9.97 Å². The first-order valence-electron chi connectivity index (χ1n) is 5.18. The number of carbonyl (C=O) groups is 2. The van der Waals surface area contributed by atoms with Crippen molar-refractivity contribution in [1.29, 1.82) is 0 Å². The van der Waals surface area contributed by atoms with Crippen LogP contribution in [0.25, 0.3) is 10.9 Å². The van der Waals surface area contributed by atoms with Crippen molar-refractivity contribution in [2.75, 3.05) is 0 Å². The highest BCUT2D eigenvalue weighted by Crippen LogP contribution is 2.26. The first-order chi connectivity index (χ1) is 8.56. The number of rotatable bonds is 2. The van der Waals surface area contributed by atoms with Crippen molar-refractivity contribution in [2.24, 2.45) is 0 Å². The van der Waals surface area contributed by atoms with Gasteiger partial charge in [-0.05, 0) is 18.2 Å². The Hall–Kier alpha value is -2.50. The fraction of sp³-hybridized carbons (Fsp3) is 0.167. The smallest absolute Gasteiger partial charge is 0.309 e. The normalized spacial score (nSPS) is 10.1. The van der Waals surface area contributed by atoms with E-state index in [0.717, 1.165) is 0 Å². The molecule has 0 aliphatic rings. The third-order valence-corrected chi connectivity index (χ3v) is 2.07. The molecule has 1 aromatic carbocycles. The van der Waals surface area contributed by atoms with Crippen molar-refractivity contribution < 1.29 is 19.1 Å². The van der Waals surface area contributed by atoms with Crippen LogP contribution in [0, 0.1) is 0 Å². The maximum atomic E-state index is 11.0. The molecule has 0 atom stereocenters. The van der Waals surface area contributed by atoms with E-state index in [1.165, 1.54) is 20.2 Å². The van der Waals surface area contributed by atoms with E-state index in [0.29, 0.717) is 16.7 Å². The molecule has 1 heterocycles. The van der Waals surface area contributed by atoms with Gasteiger partial charge in [0.25, 0.3) is 0 Å². The van der Waals surface area contributed by atoms with Gasteiger partial charge in [-0.25, -0.2) is 9.97 Å². The Morgan fingerprint density at radius 3 is 2.44 bits per heavy atom. The molecule has 92 valence electrons. The predicted octanol–water partition coefficient (Wildman–Crippen LogP) is 1.48. The van der Waals surface area contributed by atoms with Crippen molar-refractivity contribution in [1.82, 2.24) is 9.97 Å². The molecule has 0 bridgehead atoms. The van der Waals surface area contributed by atoms with Crippen LogP contribution in [-0.2, 0) is 9.59 Å². The monoisotopic (exact) mass is 246 g/mol. The molecule has 2 aromatic rings. The molecule has 0 aliphatic heterocycles. The van der Waals surface area contributed by atoms with Crippen LogP contribution in [0.5, 0.6) is 11.6 Å². The minimum absolute atomic E-state index is 0.140. The Bertz CT molecular complexity index is 625. The first-order valence-corrected chi connectivity index (χ1v) is 5.18. The molecule has 0 fully saturated rings. The van der Waals surface area contributed by atoms with Gasteiger partial charge in [0, 0.05) is 13.8 Å². The summed E-state index contributed by atoms with van der Waals surface area (Å²) in [5.41, 5.74) is 0.595. The maximum Gasteiger partial charge on any atom is 0.309 e. The minimum atomic E-state index is -0.479. The highest BCUT2D eigenvalue weighted by Gasteiger charge is 2.09. The van der Waals surface area contributed by atoms with E-state index in [-0.39, 0.29) is 5.88 Å². The lowest BCUT2D eigenvalue weighted by Gasteiger charge is -2.06. The second-order valence-electron chi connectivity index (χ2n) is 3.55. The first kappa shape index (κ1) is 12.0. The number of esters is 2. The van der Waals surface area contributed by atoms with Gasteiger partial charge in [0.15, 0.2) is 0 Å². The third kappa shape index (κ3) is 2.60. The molecule has 6 nitrogen and oxygen atoms in total. The summed E-state index contributed by atoms with van der Waals surface area (Å²) < 4.78 is 9.90. The van der Waals surface area contributed by atoms with E-state index in [1.54, 1.807) is 18.2 Å². The van der Waals surface area contributed by atoms with Gasteiger partial charge in [0.2, 0.25) is 5.88 Å². The maximum absolute atomic E-state index is 11.0. The summed E-state index contributed by atoms with van der Waals surface area (Å²) in [4.78, 5) is 29.7. The average molecular weight is 246 g/mol. The number of aromatic nitrogens is 2. The summed E-state index contributed by atoms with van der Waals surface area (Å²) >= 11 is 0. The number of carbonyl (C=O) groups excluding carboxylic acids is 2. The zero-order valence-electron chi connectivity index (χ0n) is 9.84. The van der Waals surface area contributed by atoms with Crippen LogP contribution < -0.4 is 9.47 Å². The number of hydrogen-bond acceptors (Lipinski definition) is 6. The van der Waals surface area contributed by atoms with Gasteiger partial charge >= 0.3 is 11.9 Å². The zero-order valence-corrected chi connectivity index (χ0v) is 9.84. The molecule has 6 heteroatoms. The van der Waals surface area contributed by atoms with Gasteiger partial charge < -0.3 is 9.47 Å². The van der Waals surface area contributed by atoms with Crippen molar-refractivity contribution >= 4 is 22.8 Å². The van der Waals surface area contributed by atoms with E-state index in [1.807, 2.05) is 0 Å². The van der Waals surface area contributed by atoms with E-state index in [4.69, 9.17) is 9.47 Å². The molecule has 0 saturated heterocycles. The van der Waals surface area contributed by atoms with Gasteiger partial charge in [0.05, 0.1) is 10.9 Å². The standard InChI is InChI=1S/C12H10N2O4/c1-7(15)17-9-3-4-11-10(5-9)12(14-6-13-11)18-8(2)16/h3-6H,1-2H3. The van der Waals surface area contributed by atoms with Gasteiger partial charge in [-0.15, -0.1) is 0 Å². The molecular weight excluding hydrogens is 236 g/mol. The summed E-state index contributed by atoms with van der Waals surface area (Å²) in [6.45, 7) is 2.59. The molecule has 2 rings (SSSR count). The Balaban J connectivity index is 2.51. The molecule has 0 saturated carbocycles. The van der Waals surface area contributed by atoms with E-state index >= 15 is 0 Å². The largest absolute Gasteiger partial charge is 0.427 e. The SMILES string of the molecule is CC(=O)Oc1ccc2ncnc(OC(C)=O)c2c1. The Morgan fingerprint density at radius 1 is 1.06 bits per heavy atom. The Kier molecular flexibility index (Phi) is 3.18. The Morgan fingerprint density at radius 2 is 1.78 bits per heavy atom. The fourth-order valence-electron chi connectivity index (χ4n) is 1.46. The minimum Gasteiger partial charge on any atom is -0.427 e. The molecule has 1 aromatic heterocycles. The lowest BCUT2D eigenvalue weighted by molar-refractivity contribution is -0.133. The van der Waals surface area contributed by atoms with Crippen LogP contribution in [0.1, 0.15) is 13.8 Å². The molecule has 0 aliphatic carbocycles. The van der Waals surface area contributed by atoms with Crippen LogP contribution in [-0.4, -0.2) is 21.9 Å². The topological polar surface area (TPSA) is 78.4 Å². The predicted molar refractivity (Wildman–Crippen MR) is 62.2 cm³/mol. The highest BCUT2D eigenvalue weighted by molar-refractivity contribution is 5.87. The molecule has 0 radical (unpaired) electrons. The summed E-state index contributed by atoms with van der Waals surface area (Å²) in [5, 5.41) is 0.506. The number of nitrogens with zero attached hydrogens (tertiary/aromatic N) is 2. The fourth-order valence-corrected chi connectivity index (χ4v) is 1.46. The van der Waals surface area contributed by atoms with Crippen LogP contribution in [0.15, 0.2) is 24.5 Å². The van der Waals surface area contributed by atoms with Crippen molar-refractivity contribution in [2.45, 2.75) is 13.8 Å². The second kappa shape index (κ2) is 4.79. The van der Waals surface area contributed by atoms with Gasteiger partial charge in [-0.3, -0.25) is 9.59 Å². The second-order valence-corrected chi connectivity index (χ2v) is 3.55. The number of ether oxygens (including phenoxy) is 2. The lowest BCUT2D eigenvalue weighted by atomic mass is 10.2. The van der Waals surface area contributed by atoms with Crippen LogP contribution in [0.3, 0.4) is 0 Å². The lowest BCUT2D eigenvalue weighted by Crippen LogP contribution is -2.05. The number of fused-ring (bicyclic) bond motifs is 1. The molecule has 0 amide bonds. The Labute approximate surface area is 103 Å². The summed E-state index contributed by atoms with van der Waals surface area (Å²) in [7, 11) is 0. The van der Waals surface area contributed by atoms with Crippen LogP contribution >= 0.6 is 0 Å². The van der Waals surface area contributed by atoms with Crippen molar-refractivity contribution in [3.05, 3.63) is 24.5 Å². The molecule has 18 heavy (non-hydrogen) atoms. The molecule has 0 unspecified atom stereocenters. The van der Waals surface area contributed by atoms with Crippen molar-refractivity contribution in [3.8, 4) is 11.6 Å². The molecule has 0 N–H and O–H groups in total. The number of benzene rings is 1. The van der Waals surface area contributed by atoms with Gasteiger partial charge in [-0.1, -0.05) is 0 Å². The molecular formula is C12H10N2O4. The van der Waals surface area contributed by atoms with Crippen LogP contribution in [0.4, 0.5) is 0 Å². The van der Waals surface area contributed by atoms with Crippen LogP contribution in [0.2, 0.25) is 0 Å². The zero-order chi connectivity index (χ0) is 13.1. The summed E-state index contributed by atoms with van der Waals surface area (Å²) in [6, 6.07) is 4.81. The summed E-state index contributed by atoms with van der Waals surface area (Å²) in [5.74, 6) is -0.423. The van der Waals surface area contributed by atoms with E-state index in [9.17, 15) is 9.59 Å².